The highest BCUT2D eigenvalue weighted by atomic mass is 31.2. The van der Waals surface area contributed by atoms with Gasteiger partial charge in [-0.1, -0.05) is 302 Å². The molecule has 0 aliphatic carbocycles. The zero-order valence-corrected chi connectivity index (χ0v) is 48.0. The molecule has 0 aromatic carbocycles. The van der Waals surface area contributed by atoms with Gasteiger partial charge in [0.15, 0.2) is 0 Å². The number of carbonyl (C=O) groups excluding carboxylic acids is 1. The van der Waals surface area contributed by atoms with Crippen LogP contribution in [0.2, 0.25) is 0 Å². The average Bonchev–Trinajstić information content (AvgIpc) is 3.31. The average molecular weight is 999 g/mol. The van der Waals surface area contributed by atoms with E-state index in [0.717, 1.165) is 44.9 Å². The van der Waals surface area contributed by atoms with Crippen molar-refractivity contribution in [2.24, 2.45) is 0 Å². The molecule has 3 unspecified atom stereocenters. The van der Waals surface area contributed by atoms with Crippen LogP contribution in [0.15, 0.2) is 12.2 Å². The van der Waals surface area contributed by atoms with E-state index in [1.54, 1.807) is 6.08 Å². The van der Waals surface area contributed by atoms with Gasteiger partial charge in [-0.15, -0.1) is 0 Å². The quantitative estimate of drug-likeness (QED) is 0.0243. The van der Waals surface area contributed by atoms with Gasteiger partial charge in [0.2, 0.25) is 5.91 Å². The van der Waals surface area contributed by atoms with Crippen LogP contribution in [0.5, 0.6) is 0 Å². The topological polar surface area (TPSA) is 105 Å². The van der Waals surface area contributed by atoms with Crippen LogP contribution in [0.25, 0.3) is 0 Å². The Morgan fingerprint density at radius 1 is 0.478 bits per heavy atom. The fourth-order valence-electron chi connectivity index (χ4n) is 9.46. The summed E-state index contributed by atoms with van der Waals surface area (Å²) in [4.78, 5) is 23.1. The van der Waals surface area contributed by atoms with Crippen molar-refractivity contribution in [2.75, 3.05) is 40.9 Å². The molecule has 0 fully saturated rings. The molecular weight excluding hydrogens is 876 g/mol. The normalized spacial score (nSPS) is 13.9. The number of carbonyl (C=O) groups is 1. The highest BCUT2D eigenvalue weighted by Crippen LogP contribution is 2.43. The van der Waals surface area contributed by atoms with Gasteiger partial charge >= 0.3 is 7.82 Å². The Morgan fingerprint density at radius 3 is 1.07 bits per heavy atom. The lowest BCUT2D eigenvalue weighted by Crippen LogP contribution is -2.45. The first-order chi connectivity index (χ1) is 33.5. The van der Waals surface area contributed by atoms with Gasteiger partial charge in [-0.2, -0.15) is 0 Å². The predicted octanol–water partition coefficient (Wildman–Crippen LogP) is 18.6. The van der Waals surface area contributed by atoms with Gasteiger partial charge in [-0.25, -0.2) is 4.57 Å². The number of allylic oxidation sites excluding steroid dienone is 1. The molecule has 0 radical (unpaired) electrons. The lowest BCUT2D eigenvalue weighted by molar-refractivity contribution is -0.870. The zero-order chi connectivity index (χ0) is 50.6. The summed E-state index contributed by atoms with van der Waals surface area (Å²) in [5.74, 6) is -0.176. The lowest BCUT2D eigenvalue weighted by atomic mass is 10.0. The summed E-state index contributed by atoms with van der Waals surface area (Å²) < 4.78 is 23.5. The minimum Gasteiger partial charge on any atom is -0.387 e. The molecule has 0 spiro atoms. The van der Waals surface area contributed by atoms with E-state index in [2.05, 4.69) is 19.2 Å². The number of nitrogens with zero attached hydrogens (tertiary/aromatic N) is 1. The van der Waals surface area contributed by atoms with E-state index in [1.165, 1.54) is 250 Å². The Balaban J connectivity index is 3.62. The van der Waals surface area contributed by atoms with Gasteiger partial charge < -0.3 is 19.8 Å². The fourth-order valence-corrected chi connectivity index (χ4v) is 10.2. The number of nitrogens with one attached hydrogen (secondary N) is 1. The molecule has 0 aliphatic rings. The van der Waals surface area contributed by atoms with E-state index in [0.29, 0.717) is 17.4 Å². The Hall–Kier alpha value is -0.760. The lowest BCUT2D eigenvalue weighted by Gasteiger charge is -2.25. The standard InChI is InChI=1S/C60H121N2O6P/c1-6-8-10-12-14-15-16-17-18-19-20-21-22-23-24-25-26-27-28-29-30-31-32-33-34-35-36-37-38-39-40-41-42-43-44-45-46-47-48-50-52-54-60(64)61-58(59(63)53-51-49-13-11-9-7-2)57-68-69(65,66)67-56-55-62(3,4)5/h51,53,58-59,63H,6-50,52,54-57H2,1-5H3,(H-,61,64,65,66)/p+1/b53-51+. The third-order valence-corrected chi connectivity index (χ3v) is 15.2. The first kappa shape index (κ1) is 68.2. The Bertz CT molecular complexity index is 1130. The number of quaternary nitrogens is 1. The van der Waals surface area contributed by atoms with E-state index in [4.69, 9.17) is 9.05 Å². The van der Waals surface area contributed by atoms with Crippen molar-refractivity contribution in [1.82, 2.24) is 5.32 Å². The number of likely N-dealkylation sites (N-methyl/N-ethyl adjacent to an activating group) is 1. The third kappa shape index (κ3) is 54.8. The molecule has 69 heavy (non-hydrogen) atoms. The molecule has 3 atom stereocenters. The Kier molecular flexibility index (Phi) is 51.5. The van der Waals surface area contributed by atoms with Crippen molar-refractivity contribution in [3.63, 3.8) is 0 Å². The second-order valence-corrected chi connectivity index (χ2v) is 23.9. The smallest absolute Gasteiger partial charge is 0.387 e. The number of unbranched alkanes of at least 4 members (excludes halogenated alkanes) is 44. The first-order valence-electron chi connectivity index (χ1n) is 30.6. The van der Waals surface area contributed by atoms with Crippen LogP contribution in [0.4, 0.5) is 0 Å². The van der Waals surface area contributed by atoms with Crippen molar-refractivity contribution >= 4 is 13.7 Å². The molecule has 0 aliphatic heterocycles. The van der Waals surface area contributed by atoms with Crippen LogP contribution in [0.1, 0.15) is 316 Å². The molecule has 0 bridgehead atoms. The molecular formula is C60H122N2O6P+. The molecule has 3 N–H and O–H groups in total. The molecule has 0 saturated heterocycles. The van der Waals surface area contributed by atoms with Crippen molar-refractivity contribution in [2.45, 2.75) is 328 Å². The van der Waals surface area contributed by atoms with Gasteiger partial charge in [-0.3, -0.25) is 13.8 Å². The van der Waals surface area contributed by atoms with Crippen molar-refractivity contribution in [3.8, 4) is 0 Å². The molecule has 0 aromatic heterocycles. The van der Waals surface area contributed by atoms with Crippen LogP contribution < -0.4 is 5.32 Å². The number of phosphoric ester groups is 1. The summed E-state index contributed by atoms with van der Waals surface area (Å²) in [5.41, 5.74) is 0. The number of aliphatic hydroxyl groups is 1. The number of rotatable bonds is 57. The monoisotopic (exact) mass is 998 g/mol. The summed E-state index contributed by atoms with van der Waals surface area (Å²) >= 11 is 0. The van der Waals surface area contributed by atoms with E-state index < -0.39 is 20.0 Å². The molecule has 0 saturated carbocycles. The van der Waals surface area contributed by atoms with Gasteiger partial charge in [0.05, 0.1) is 39.9 Å². The summed E-state index contributed by atoms with van der Waals surface area (Å²) in [6.07, 6.45) is 65.6. The largest absolute Gasteiger partial charge is 0.472 e. The van der Waals surface area contributed by atoms with Gasteiger partial charge in [0, 0.05) is 6.42 Å². The van der Waals surface area contributed by atoms with Crippen LogP contribution in [-0.2, 0) is 18.4 Å². The van der Waals surface area contributed by atoms with E-state index in [-0.39, 0.29) is 19.1 Å². The summed E-state index contributed by atoms with van der Waals surface area (Å²) in [6.45, 7) is 4.77. The molecule has 412 valence electrons. The number of aliphatic hydroxyl groups excluding tert-OH is 1. The van der Waals surface area contributed by atoms with Crippen molar-refractivity contribution < 1.29 is 32.9 Å². The molecule has 1 amide bonds. The van der Waals surface area contributed by atoms with Crippen LogP contribution in [-0.4, -0.2) is 73.4 Å². The van der Waals surface area contributed by atoms with E-state index in [1.807, 2.05) is 27.2 Å². The van der Waals surface area contributed by atoms with Crippen LogP contribution in [0.3, 0.4) is 0 Å². The van der Waals surface area contributed by atoms with E-state index >= 15 is 0 Å². The SMILES string of the molecule is CCCCCC/C=C/C(O)C(COP(=O)(O)OCC[N+](C)(C)C)NC(=O)CCCCCCCCCCCCCCCCCCCCCCCCCCCCCCCCCCCCCCCCCCC. The summed E-state index contributed by atoms with van der Waals surface area (Å²) in [6, 6.07) is -0.839. The molecule has 9 heteroatoms. The first-order valence-corrected chi connectivity index (χ1v) is 32.1. The maximum absolute atomic E-state index is 12.8. The predicted molar refractivity (Wildman–Crippen MR) is 300 cm³/mol. The third-order valence-electron chi connectivity index (χ3n) is 14.3. The molecule has 8 nitrogen and oxygen atoms in total. The van der Waals surface area contributed by atoms with Gasteiger partial charge in [0.25, 0.3) is 0 Å². The van der Waals surface area contributed by atoms with Gasteiger partial charge in [-0.05, 0) is 19.3 Å². The maximum Gasteiger partial charge on any atom is 0.472 e. The highest BCUT2D eigenvalue weighted by Gasteiger charge is 2.27. The number of hydrogen-bond acceptors (Lipinski definition) is 5. The van der Waals surface area contributed by atoms with Crippen molar-refractivity contribution in [1.29, 1.82) is 0 Å². The second-order valence-electron chi connectivity index (χ2n) is 22.4. The molecule has 0 rings (SSSR count). The van der Waals surface area contributed by atoms with Crippen LogP contribution in [0, 0.1) is 0 Å². The van der Waals surface area contributed by atoms with Crippen molar-refractivity contribution in [3.05, 3.63) is 12.2 Å². The minimum absolute atomic E-state index is 0.0638. The summed E-state index contributed by atoms with van der Waals surface area (Å²) in [7, 11) is 1.58. The number of phosphoric acid groups is 1. The molecule has 0 aromatic rings. The fraction of sp³-hybridized carbons (Fsp3) is 0.950. The minimum atomic E-state index is -4.32. The van der Waals surface area contributed by atoms with Crippen LogP contribution >= 0.6 is 7.82 Å². The highest BCUT2D eigenvalue weighted by molar-refractivity contribution is 7.47. The van der Waals surface area contributed by atoms with Gasteiger partial charge in [0.1, 0.15) is 13.2 Å². The van der Waals surface area contributed by atoms with E-state index in [9.17, 15) is 19.4 Å². The number of hydrogen-bond donors (Lipinski definition) is 3. The second kappa shape index (κ2) is 52.1. The number of amides is 1. The molecule has 0 heterocycles. The summed E-state index contributed by atoms with van der Waals surface area (Å²) in [5, 5.41) is 13.7. The zero-order valence-electron chi connectivity index (χ0n) is 47.1. The maximum atomic E-state index is 12.8. The Labute approximate surface area is 431 Å². The Morgan fingerprint density at radius 2 is 0.768 bits per heavy atom.